The second-order valence-electron chi connectivity index (χ2n) is 6.62. The average Bonchev–Trinajstić information content (AvgIpc) is 3.19. The summed E-state index contributed by atoms with van der Waals surface area (Å²) in [5.41, 5.74) is 5.25. The molecule has 0 spiro atoms. The van der Waals surface area contributed by atoms with E-state index in [4.69, 9.17) is 4.42 Å². The summed E-state index contributed by atoms with van der Waals surface area (Å²) in [7, 11) is 0. The van der Waals surface area contributed by atoms with Crippen molar-refractivity contribution in [2.75, 3.05) is 10.6 Å². The number of urea groups is 1. The Morgan fingerprint density at radius 1 is 1.08 bits per heavy atom. The molecule has 1 aromatic heterocycles. The van der Waals surface area contributed by atoms with Gasteiger partial charge >= 0.3 is 11.8 Å². The standard InChI is InChI=1S/C20H21N3O3/c1-2-10-23-17-9-8-16(12-18(17)26-20(23)25)22-19(24)21-15-7-6-13-4-3-5-14(13)11-15/h6-9,11-12H,2-5,10H2,1H3,(H2,21,22,24). The van der Waals surface area contributed by atoms with Gasteiger partial charge in [-0.1, -0.05) is 13.0 Å². The van der Waals surface area contributed by atoms with Crippen molar-refractivity contribution in [1.82, 2.24) is 4.57 Å². The third-order valence-corrected chi connectivity index (χ3v) is 4.73. The molecule has 2 aromatic carbocycles. The summed E-state index contributed by atoms with van der Waals surface area (Å²) < 4.78 is 6.88. The molecule has 1 heterocycles. The smallest absolute Gasteiger partial charge is 0.408 e. The zero-order valence-corrected chi connectivity index (χ0v) is 14.7. The van der Waals surface area contributed by atoms with Crippen LogP contribution in [0.5, 0.6) is 0 Å². The van der Waals surface area contributed by atoms with Gasteiger partial charge in [-0.25, -0.2) is 9.59 Å². The van der Waals surface area contributed by atoms with Crippen LogP contribution in [0.2, 0.25) is 0 Å². The van der Waals surface area contributed by atoms with Crippen molar-refractivity contribution < 1.29 is 9.21 Å². The molecule has 0 bridgehead atoms. The van der Waals surface area contributed by atoms with Gasteiger partial charge in [0.2, 0.25) is 0 Å². The minimum atomic E-state index is -0.374. The summed E-state index contributed by atoms with van der Waals surface area (Å²) >= 11 is 0. The molecule has 1 aliphatic rings. The maximum atomic E-state index is 12.3. The third kappa shape index (κ3) is 3.10. The SMILES string of the molecule is CCCn1c(=O)oc2cc(NC(=O)Nc3ccc4c(c3)CCC4)ccc21. The molecule has 4 rings (SSSR count). The van der Waals surface area contributed by atoms with Crippen LogP contribution >= 0.6 is 0 Å². The van der Waals surface area contributed by atoms with Crippen LogP contribution in [-0.4, -0.2) is 10.6 Å². The molecule has 2 N–H and O–H groups in total. The van der Waals surface area contributed by atoms with E-state index in [-0.39, 0.29) is 11.8 Å². The lowest BCUT2D eigenvalue weighted by Gasteiger charge is -2.09. The minimum Gasteiger partial charge on any atom is -0.408 e. The number of oxazole rings is 1. The molecule has 0 radical (unpaired) electrons. The number of anilines is 2. The van der Waals surface area contributed by atoms with Crippen molar-refractivity contribution in [3.05, 3.63) is 58.1 Å². The largest absolute Gasteiger partial charge is 0.419 e. The van der Waals surface area contributed by atoms with Crippen LogP contribution in [-0.2, 0) is 19.4 Å². The van der Waals surface area contributed by atoms with E-state index in [9.17, 15) is 9.59 Å². The Balaban J connectivity index is 1.49. The van der Waals surface area contributed by atoms with Gasteiger partial charge in [-0.2, -0.15) is 0 Å². The number of amides is 2. The number of fused-ring (bicyclic) bond motifs is 2. The predicted molar refractivity (Wildman–Crippen MR) is 102 cm³/mol. The Kier molecular flexibility index (Phi) is 4.24. The van der Waals surface area contributed by atoms with Crippen molar-refractivity contribution in [3.8, 4) is 0 Å². The molecule has 6 heteroatoms. The van der Waals surface area contributed by atoms with Crippen molar-refractivity contribution in [2.24, 2.45) is 0 Å². The van der Waals surface area contributed by atoms with Gasteiger partial charge in [-0.05, 0) is 61.1 Å². The van der Waals surface area contributed by atoms with E-state index in [2.05, 4.69) is 16.7 Å². The van der Waals surface area contributed by atoms with Crippen LogP contribution in [0.1, 0.15) is 30.9 Å². The first kappa shape index (κ1) is 16.4. The van der Waals surface area contributed by atoms with Gasteiger partial charge in [0, 0.05) is 24.0 Å². The fraction of sp³-hybridized carbons (Fsp3) is 0.300. The molecule has 2 amide bonds. The average molecular weight is 351 g/mol. The number of aryl methyl sites for hydroxylation is 3. The van der Waals surface area contributed by atoms with E-state index in [1.54, 1.807) is 22.8 Å². The number of hydrogen-bond donors (Lipinski definition) is 2. The van der Waals surface area contributed by atoms with Crippen LogP contribution in [0, 0.1) is 0 Å². The minimum absolute atomic E-state index is 0.322. The number of rotatable bonds is 4. The number of carbonyl (C=O) groups excluding carboxylic acids is 1. The van der Waals surface area contributed by atoms with Gasteiger partial charge in [0.1, 0.15) is 0 Å². The van der Waals surface area contributed by atoms with Gasteiger partial charge in [0.15, 0.2) is 5.58 Å². The molecule has 1 aliphatic carbocycles. The van der Waals surface area contributed by atoms with Crippen molar-refractivity contribution in [3.63, 3.8) is 0 Å². The Labute approximate surface area is 150 Å². The molecular formula is C20H21N3O3. The van der Waals surface area contributed by atoms with Gasteiger partial charge in [0.05, 0.1) is 5.52 Å². The van der Waals surface area contributed by atoms with Crippen LogP contribution in [0.3, 0.4) is 0 Å². The lowest BCUT2D eigenvalue weighted by molar-refractivity contribution is 0.262. The fourth-order valence-electron chi connectivity index (χ4n) is 3.52. The van der Waals surface area contributed by atoms with Crippen molar-refractivity contribution in [2.45, 2.75) is 39.2 Å². The van der Waals surface area contributed by atoms with Gasteiger partial charge in [-0.15, -0.1) is 0 Å². The van der Waals surface area contributed by atoms with E-state index in [0.29, 0.717) is 17.8 Å². The van der Waals surface area contributed by atoms with Gasteiger partial charge < -0.3 is 15.1 Å². The summed E-state index contributed by atoms with van der Waals surface area (Å²) in [6.07, 6.45) is 4.20. The maximum Gasteiger partial charge on any atom is 0.419 e. The summed E-state index contributed by atoms with van der Waals surface area (Å²) in [6.45, 7) is 2.61. The zero-order chi connectivity index (χ0) is 18.1. The van der Waals surface area contributed by atoms with E-state index < -0.39 is 0 Å². The lowest BCUT2D eigenvalue weighted by atomic mass is 10.1. The summed E-state index contributed by atoms with van der Waals surface area (Å²) in [6, 6.07) is 11.0. The second-order valence-corrected chi connectivity index (χ2v) is 6.62. The van der Waals surface area contributed by atoms with Crippen molar-refractivity contribution >= 4 is 28.5 Å². The molecule has 6 nitrogen and oxygen atoms in total. The second kappa shape index (κ2) is 6.71. The number of hydrogen-bond acceptors (Lipinski definition) is 3. The number of nitrogens with one attached hydrogen (secondary N) is 2. The highest BCUT2D eigenvalue weighted by atomic mass is 16.4. The molecule has 0 fully saturated rings. The van der Waals surface area contributed by atoms with E-state index in [1.807, 2.05) is 19.1 Å². The zero-order valence-electron chi connectivity index (χ0n) is 14.7. The normalized spacial score (nSPS) is 13.0. The van der Waals surface area contributed by atoms with Crippen molar-refractivity contribution in [1.29, 1.82) is 0 Å². The number of nitrogens with zero attached hydrogens (tertiary/aromatic N) is 1. The Bertz CT molecular complexity index is 1030. The molecule has 26 heavy (non-hydrogen) atoms. The van der Waals surface area contributed by atoms with E-state index in [0.717, 1.165) is 30.5 Å². The topological polar surface area (TPSA) is 76.3 Å². The molecule has 0 saturated heterocycles. The Hall–Kier alpha value is -3.02. The Morgan fingerprint density at radius 3 is 2.62 bits per heavy atom. The number of aromatic nitrogens is 1. The molecule has 0 saturated carbocycles. The van der Waals surface area contributed by atoms with E-state index >= 15 is 0 Å². The summed E-state index contributed by atoms with van der Waals surface area (Å²) in [5, 5.41) is 5.65. The van der Waals surface area contributed by atoms with Crippen LogP contribution in [0.4, 0.5) is 16.2 Å². The monoisotopic (exact) mass is 351 g/mol. The molecule has 0 atom stereocenters. The van der Waals surface area contributed by atoms with Crippen LogP contribution in [0.15, 0.2) is 45.6 Å². The lowest BCUT2D eigenvalue weighted by Crippen LogP contribution is -2.19. The maximum absolute atomic E-state index is 12.3. The molecule has 0 unspecified atom stereocenters. The Morgan fingerprint density at radius 2 is 1.81 bits per heavy atom. The highest BCUT2D eigenvalue weighted by Crippen LogP contribution is 2.25. The third-order valence-electron chi connectivity index (χ3n) is 4.73. The first-order valence-electron chi connectivity index (χ1n) is 8.97. The molecule has 3 aromatic rings. The highest BCUT2D eigenvalue weighted by molar-refractivity contribution is 6.00. The van der Waals surface area contributed by atoms with E-state index in [1.165, 1.54) is 17.5 Å². The quantitative estimate of drug-likeness (QED) is 0.742. The predicted octanol–water partition coefficient (Wildman–Crippen LogP) is 4.14. The number of benzene rings is 2. The fourth-order valence-corrected chi connectivity index (χ4v) is 3.52. The van der Waals surface area contributed by atoms with Gasteiger partial charge in [-0.3, -0.25) is 4.57 Å². The van der Waals surface area contributed by atoms with Gasteiger partial charge in [0.25, 0.3) is 0 Å². The first-order valence-corrected chi connectivity index (χ1v) is 8.97. The van der Waals surface area contributed by atoms with Crippen LogP contribution < -0.4 is 16.4 Å². The summed E-state index contributed by atoms with van der Waals surface area (Å²) in [5.74, 6) is -0.374. The molecule has 134 valence electrons. The van der Waals surface area contributed by atoms with Crippen LogP contribution in [0.25, 0.3) is 11.1 Å². The molecule has 0 aliphatic heterocycles. The first-order chi connectivity index (χ1) is 12.6. The number of carbonyl (C=O) groups is 1. The summed E-state index contributed by atoms with van der Waals surface area (Å²) in [4.78, 5) is 24.2. The highest BCUT2D eigenvalue weighted by Gasteiger charge is 2.13. The molecular weight excluding hydrogens is 330 g/mol.